The maximum atomic E-state index is 13.3. The van der Waals surface area contributed by atoms with Crippen molar-refractivity contribution in [1.29, 1.82) is 0 Å². The molecule has 0 saturated carbocycles. The van der Waals surface area contributed by atoms with Crippen LogP contribution in [0.4, 0.5) is 10.1 Å². The molecule has 0 aliphatic carbocycles. The third-order valence-electron chi connectivity index (χ3n) is 2.00. The average Bonchev–Trinajstić information content (AvgIpc) is 2.21. The van der Waals surface area contributed by atoms with Crippen LogP contribution in [-0.2, 0) is 14.8 Å². The first-order chi connectivity index (χ1) is 7.74. The third kappa shape index (κ3) is 3.31. The number of carboxylic acid groups (broad SMARTS) is 1. The van der Waals surface area contributed by atoms with Crippen molar-refractivity contribution in [1.82, 2.24) is 0 Å². The van der Waals surface area contributed by atoms with Crippen LogP contribution in [0, 0.1) is 5.82 Å². The number of aliphatic carboxylic acids is 1. The molecule has 1 rings (SSSR count). The zero-order valence-corrected chi connectivity index (χ0v) is 10.2. The van der Waals surface area contributed by atoms with Crippen molar-refractivity contribution in [2.45, 2.75) is 12.2 Å². The van der Waals surface area contributed by atoms with Gasteiger partial charge in [-0.2, -0.15) is 0 Å². The van der Waals surface area contributed by atoms with Crippen molar-refractivity contribution in [3.05, 3.63) is 29.0 Å². The topological polar surface area (TPSA) is 83.5 Å². The molecule has 17 heavy (non-hydrogen) atoms. The zero-order valence-electron chi connectivity index (χ0n) is 8.65. The average molecular weight is 282 g/mol. The first-order valence-corrected chi connectivity index (χ1v) is 6.36. The second-order valence-electron chi connectivity index (χ2n) is 3.25. The van der Waals surface area contributed by atoms with Crippen molar-refractivity contribution in [3.8, 4) is 0 Å². The molecule has 1 aromatic carbocycles. The molecule has 2 N–H and O–H groups in total. The lowest BCUT2D eigenvalue weighted by Crippen LogP contribution is -2.32. The summed E-state index contributed by atoms with van der Waals surface area (Å²) in [5, 5.41) is 7.00. The number of carboxylic acids is 1. The van der Waals surface area contributed by atoms with E-state index in [1.165, 1.54) is 6.07 Å². The van der Waals surface area contributed by atoms with Crippen molar-refractivity contribution >= 4 is 33.3 Å². The number of halogens is 2. The third-order valence-corrected chi connectivity index (χ3v) is 3.87. The molecule has 0 amide bonds. The molecule has 1 unspecified atom stereocenters. The van der Waals surface area contributed by atoms with E-state index >= 15 is 0 Å². The van der Waals surface area contributed by atoms with Gasteiger partial charge in [0.1, 0.15) is 5.82 Å². The molecule has 0 aromatic heterocycles. The van der Waals surface area contributed by atoms with Gasteiger partial charge in [-0.25, -0.2) is 12.8 Å². The van der Waals surface area contributed by atoms with E-state index in [-0.39, 0.29) is 10.7 Å². The molecule has 1 atom stereocenters. The number of nitrogens with one attached hydrogen (secondary N) is 1. The molecule has 0 fully saturated rings. The summed E-state index contributed by atoms with van der Waals surface area (Å²) < 4.78 is 38.1. The number of rotatable bonds is 4. The molecular formula is C9H9ClFNO4S. The summed E-state index contributed by atoms with van der Waals surface area (Å²) in [6.45, 7) is 0.985. The Morgan fingerprint density at radius 2 is 2.12 bits per heavy atom. The van der Waals surface area contributed by atoms with Crippen LogP contribution in [0.5, 0.6) is 0 Å². The van der Waals surface area contributed by atoms with E-state index in [0.29, 0.717) is 0 Å². The number of hydrogen-bond donors (Lipinski definition) is 2. The second-order valence-corrected chi connectivity index (χ2v) is 5.69. The number of carbonyl (C=O) groups is 1. The predicted molar refractivity (Wildman–Crippen MR) is 61.1 cm³/mol. The van der Waals surface area contributed by atoms with Crippen molar-refractivity contribution in [3.63, 3.8) is 0 Å². The highest BCUT2D eigenvalue weighted by Gasteiger charge is 2.28. The molecule has 0 aliphatic heterocycles. The van der Waals surface area contributed by atoms with Gasteiger partial charge in [-0.1, -0.05) is 11.6 Å². The lowest BCUT2D eigenvalue weighted by atomic mass is 10.3. The molecule has 0 spiro atoms. The van der Waals surface area contributed by atoms with Crippen LogP contribution in [0.2, 0.25) is 5.02 Å². The molecule has 0 saturated heterocycles. The lowest BCUT2D eigenvalue weighted by Gasteiger charge is -2.11. The van der Waals surface area contributed by atoms with Crippen LogP contribution >= 0.6 is 11.6 Å². The van der Waals surface area contributed by atoms with E-state index in [2.05, 4.69) is 0 Å². The number of hydrogen-bond acceptors (Lipinski definition) is 3. The largest absolute Gasteiger partial charge is 0.480 e. The fraction of sp³-hybridized carbons (Fsp3) is 0.222. The van der Waals surface area contributed by atoms with Gasteiger partial charge in [-0.15, -0.1) is 0 Å². The van der Waals surface area contributed by atoms with Gasteiger partial charge in [0.2, 0.25) is 10.0 Å². The van der Waals surface area contributed by atoms with Gasteiger partial charge in [0, 0.05) is 5.02 Å². The van der Waals surface area contributed by atoms with Crippen molar-refractivity contribution in [2.75, 3.05) is 4.72 Å². The van der Waals surface area contributed by atoms with E-state index in [1.807, 2.05) is 4.72 Å². The summed E-state index contributed by atoms with van der Waals surface area (Å²) in [5.41, 5.74) is -0.345. The summed E-state index contributed by atoms with van der Waals surface area (Å²) in [4.78, 5) is 10.5. The Bertz CT molecular complexity index is 546. The molecule has 0 aliphatic rings. The van der Waals surface area contributed by atoms with E-state index in [4.69, 9.17) is 16.7 Å². The fourth-order valence-corrected chi connectivity index (χ4v) is 2.02. The SMILES string of the molecule is CC(C(=O)O)S(=O)(=O)Nc1ccc(Cl)cc1F. The highest BCUT2D eigenvalue weighted by Crippen LogP contribution is 2.20. The Labute approximate surface area is 102 Å². The smallest absolute Gasteiger partial charge is 0.323 e. The number of anilines is 1. The highest BCUT2D eigenvalue weighted by atomic mass is 35.5. The van der Waals surface area contributed by atoms with Gasteiger partial charge in [0.15, 0.2) is 5.25 Å². The summed E-state index contributed by atoms with van der Waals surface area (Å²) in [7, 11) is -4.18. The van der Waals surface area contributed by atoms with E-state index in [1.54, 1.807) is 0 Å². The van der Waals surface area contributed by atoms with E-state index in [9.17, 15) is 17.6 Å². The van der Waals surface area contributed by atoms with Crippen molar-refractivity contribution in [2.24, 2.45) is 0 Å². The van der Waals surface area contributed by atoms with Gasteiger partial charge >= 0.3 is 5.97 Å². The molecule has 8 heteroatoms. The van der Waals surface area contributed by atoms with Gasteiger partial charge in [0.05, 0.1) is 5.69 Å². The van der Waals surface area contributed by atoms with Crippen LogP contribution in [-0.4, -0.2) is 24.7 Å². The Morgan fingerprint density at radius 1 is 1.53 bits per heavy atom. The normalized spacial score (nSPS) is 13.1. The summed E-state index contributed by atoms with van der Waals surface area (Å²) in [5.74, 6) is -2.40. The van der Waals surface area contributed by atoms with Crippen LogP contribution < -0.4 is 4.72 Å². The number of sulfonamides is 1. The van der Waals surface area contributed by atoms with Gasteiger partial charge < -0.3 is 5.11 Å². The summed E-state index contributed by atoms with van der Waals surface area (Å²) in [6.07, 6.45) is 0. The zero-order chi connectivity index (χ0) is 13.2. The molecule has 0 radical (unpaired) electrons. The minimum Gasteiger partial charge on any atom is -0.480 e. The van der Waals surface area contributed by atoms with Crippen LogP contribution in [0.1, 0.15) is 6.92 Å². The first-order valence-electron chi connectivity index (χ1n) is 4.43. The molecule has 5 nitrogen and oxygen atoms in total. The van der Waals surface area contributed by atoms with Gasteiger partial charge in [0.25, 0.3) is 0 Å². The maximum Gasteiger partial charge on any atom is 0.323 e. The van der Waals surface area contributed by atoms with Gasteiger partial charge in [-0.3, -0.25) is 9.52 Å². The predicted octanol–water partition coefficient (Wildman–Crippen LogP) is 1.69. The molecule has 1 aromatic rings. The minimum atomic E-state index is -4.18. The van der Waals surface area contributed by atoms with E-state index < -0.39 is 27.1 Å². The standard InChI is InChI=1S/C9H9ClFNO4S/c1-5(9(13)14)17(15,16)12-8-3-2-6(10)4-7(8)11/h2-5,12H,1H3,(H,13,14). The van der Waals surface area contributed by atoms with E-state index in [0.717, 1.165) is 19.1 Å². The minimum absolute atomic E-state index is 0.108. The fourth-order valence-electron chi connectivity index (χ4n) is 0.947. The maximum absolute atomic E-state index is 13.3. The Hall–Kier alpha value is -1.34. The quantitative estimate of drug-likeness (QED) is 0.880. The molecule has 0 bridgehead atoms. The molecule has 0 heterocycles. The van der Waals surface area contributed by atoms with Crippen LogP contribution in [0.25, 0.3) is 0 Å². The Kier molecular flexibility index (Phi) is 3.94. The lowest BCUT2D eigenvalue weighted by molar-refractivity contribution is -0.136. The highest BCUT2D eigenvalue weighted by molar-refractivity contribution is 7.94. The van der Waals surface area contributed by atoms with Crippen LogP contribution in [0.15, 0.2) is 18.2 Å². The molecular weight excluding hydrogens is 273 g/mol. The van der Waals surface area contributed by atoms with Crippen LogP contribution in [0.3, 0.4) is 0 Å². The summed E-state index contributed by atoms with van der Waals surface area (Å²) in [6, 6.07) is 3.32. The van der Waals surface area contributed by atoms with Crippen molar-refractivity contribution < 1.29 is 22.7 Å². The second kappa shape index (κ2) is 4.89. The van der Waals surface area contributed by atoms with Gasteiger partial charge in [-0.05, 0) is 25.1 Å². The monoisotopic (exact) mass is 281 g/mol. The Balaban J connectivity index is 3.02. The number of benzene rings is 1. The molecule has 94 valence electrons. The summed E-state index contributed by atoms with van der Waals surface area (Å²) >= 11 is 5.49. The first kappa shape index (κ1) is 13.7. The Morgan fingerprint density at radius 3 is 2.59 bits per heavy atom.